The van der Waals surface area contributed by atoms with E-state index in [2.05, 4.69) is 37.7 Å². The van der Waals surface area contributed by atoms with Crippen molar-refractivity contribution in [3.8, 4) is 5.88 Å². The molecular weight excluding hydrogens is 467 g/mol. The molecule has 1 aromatic carbocycles. The van der Waals surface area contributed by atoms with Crippen molar-refractivity contribution in [3.63, 3.8) is 0 Å². The molecule has 0 spiro atoms. The topological polar surface area (TPSA) is 58.6 Å². The summed E-state index contributed by atoms with van der Waals surface area (Å²) in [5.41, 5.74) is 0.778. The highest BCUT2D eigenvalue weighted by molar-refractivity contribution is 14.1. The number of anilines is 1. The second kappa shape index (κ2) is 9.07. The smallest absolute Gasteiger partial charge is 0.255 e. The maximum absolute atomic E-state index is 12.8. The summed E-state index contributed by atoms with van der Waals surface area (Å²) < 4.78 is 6.95. The lowest BCUT2D eigenvalue weighted by Gasteiger charge is -2.35. The van der Waals surface area contributed by atoms with Crippen LogP contribution in [0.4, 0.5) is 5.82 Å². The van der Waals surface area contributed by atoms with Crippen molar-refractivity contribution in [2.75, 3.05) is 31.1 Å². The van der Waals surface area contributed by atoms with Crippen LogP contribution >= 0.6 is 22.6 Å². The molecule has 1 aliphatic carbocycles. The van der Waals surface area contributed by atoms with Crippen molar-refractivity contribution in [3.05, 3.63) is 45.5 Å². The molecule has 0 unspecified atom stereocenters. The van der Waals surface area contributed by atoms with E-state index in [-0.39, 0.29) is 12.0 Å². The van der Waals surface area contributed by atoms with E-state index in [1.807, 2.05) is 41.3 Å². The van der Waals surface area contributed by atoms with Gasteiger partial charge in [-0.3, -0.25) is 4.79 Å². The first-order valence-electron chi connectivity index (χ1n) is 10.00. The summed E-state index contributed by atoms with van der Waals surface area (Å²) in [5.74, 6) is 1.56. The number of rotatable bonds is 4. The van der Waals surface area contributed by atoms with Gasteiger partial charge in [-0.25, -0.2) is 0 Å². The maximum atomic E-state index is 12.8. The van der Waals surface area contributed by atoms with Crippen LogP contribution in [0.15, 0.2) is 36.4 Å². The van der Waals surface area contributed by atoms with E-state index in [0.717, 1.165) is 40.9 Å². The zero-order valence-electron chi connectivity index (χ0n) is 15.9. The van der Waals surface area contributed by atoms with E-state index in [0.29, 0.717) is 19.0 Å². The molecule has 1 aromatic heterocycles. The van der Waals surface area contributed by atoms with Crippen LogP contribution < -0.4 is 9.64 Å². The number of aromatic nitrogens is 2. The van der Waals surface area contributed by atoms with Gasteiger partial charge in [0.25, 0.3) is 5.91 Å². The number of amides is 1. The van der Waals surface area contributed by atoms with Crippen molar-refractivity contribution in [2.45, 2.75) is 38.2 Å². The normalized spacial score (nSPS) is 18.2. The van der Waals surface area contributed by atoms with Crippen molar-refractivity contribution in [1.82, 2.24) is 15.1 Å². The minimum Gasteiger partial charge on any atom is -0.473 e. The van der Waals surface area contributed by atoms with Crippen LogP contribution in [0.2, 0.25) is 0 Å². The summed E-state index contributed by atoms with van der Waals surface area (Å²) in [7, 11) is 0. The summed E-state index contributed by atoms with van der Waals surface area (Å²) in [6, 6.07) is 11.6. The van der Waals surface area contributed by atoms with Gasteiger partial charge in [0.15, 0.2) is 5.82 Å². The minimum absolute atomic E-state index is 0.104. The van der Waals surface area contributed by atoms with E-state index in [1.54, 1.807) is 0 Å². The molecule has 0 radical (unpaired) electrons. The summed E-state index contributed by atoms with van der Waals surface area (Å²) in [5, 5.41) is 8.62. The number of ether oxygens (including phenoxy) is 1. The number of halogens is 1. The van der Waals surface area contributed by atoms with Crippen LogP contribution in [0.5, 0.6) is 5.88 Å². The quantitative estimate of drug-likeness (QED) is 0.609. The predicted octanol–water partition coefficient (Wildman–Crippen LogP) is 3.76. The average Bonchev–Trinajstić information content (AvgIpc) is 2.75. The first-order valence-corrected chi connectivity index (χ1v) is 11.1. The molecular formula is C21H25IN4O2. The molecule has 1 saturated heterocycles. The molecule has 1 amide bonds. The lowest BCUT2D eigenvalue weighted by Crippen LogP contribution is -2.49. The number of piperazine rings is 1. The lowest BCUT2D eigenvalue weighted by atomic mass is 9.98. The fraction of sp³-hybridized carbons (Fsp3) is 0.476. The Morgan fingerprint density at radius 1 is 0.964 bits per heavy atom. The molecule has 0 bridgehead atoms. The second-order valence-electron chi connectivity index (χ2n) is 7.37. The van der Waals surface area contributed by atoms with Crippen LogP contribution in [0.1, 0.15) is 42.5 Å². The Kier molecular flexibility index (Phi) is 6.29. The van der Waals surface area contributed by atoms with Crippen LogP contribution in [0, 0.1) is 3.57 Å². The van der Waals surface area contributed by atoms with Gasteiger partial charge < -0.3 is 14.5 Å². The molecule has 0 atom stereocenters. The van der Waals surface area contributed by atoms with Gasteiger partial charge in [-0.05, 0) is 66.5 Å². The Morgan fingerprint density at radius 3 is 2.39 bits per heavy atom. The van der Waals surface area contributed by atoms with Gasteiger partial charge in [-0.15, -0.1) is 10.2 Å². The molecule has 2 aliphatic rings. The minimum atomic E-state index is 0.104. The predicted molar refractivity (Wildman–Crippen MR) is 117 cm³/mol. The molecule has 1 aliphatic heterocycles. The summed E-state index contributed by atoms with van der Waals surface area (Å²) in [6.45, 7) is 2.89. The molecule has 2 fully saturated rings. The van der Waals surface area contributed by atoms with Crippen molar-refractivity contribution >= 4 is 34.3 Å². The number of benzene rings is 1. The van der Waals surface area contributed by atoms with Gasteiger partial charge >= 0.3 is 0 Å². The van der Waals surface area contributed by atoms with Crippen LogP contribution in [-0.4, -0.2) is 53.3 Å². The Bertz CT molecular complexity index is 800. The zero-order chi connectivity index (χ0) is 19.3. The number of carbonyl (C=O) groups is 1. The number of nitrogens with zero attached hydrogens (tertiary/aromatic N) is 4. The largest absolute Gasteiger partial charge is 0.473 e. The number of carbonyl (C=O) groups excluding carboxylic acids is 1. The molecule has 0 N–H and O–H groups in total. The highest BCUT2D eigenvalue weighted by atomic mass is 127. The summed E-state index contributed by atoms with van der Waals surface area (Å²) >= 11 is 2.22. The number of hydrogen-bond acceptors (Lipinski definition) is 5. The van der Waals surface area contributed by atoms with Gasteiger partial charge in [-0.2, -0.15) is 0 Å². The third-order valence-corrected chi connectivity index (χ3v) is 6.40. The van der Waals surface area contributed by atoms with Crippen LogP contribution in [-0.2, 0) is 0 Å². The van der Waals surface area contributed by atoms with E-state index in [9.17, 15) is 4.79 Å². The maximum Gasteiger partial charge on any atom is 0.255 e. The Hall–Kier alpha value is -1.90. The summed E-state index contributed by atoms with van der Waals surface area (Å²) in [4.78, 5) is 16.9. The summed E-state index contributed by atoms with van der Waals surface area (Å²) in [6.07, 6.45) is 6.29. The standard InChI is InChI=1S/C21H25IN4O2/c22-18-9-5-4-8-17(18)21(27)26-14-12-25(13-15-26)19-10-11-20(24-23-19)28-16-6-2-1-3-7-16/h4-5,8-11,16H,1-3,6-7,12-15H2. The Morgan fingerprint density at radius 2 is 1.71 bits per heavy atom. The van der Waals surface area contributed by atoms with E-state index in [1.165, 1.54) is 19.3 Å². The SMILES string of the molecule is O=C(c1ccccc1I)N1CCN(c2ccc(OC3CCCCC3)nn2)CC1. The third kappa shape index (κ3) is 4.56. The first-order chi connectivity index (χ1) is 13.7. The molecule has 4 rings (SSSR count). The molecule has 28 heavy (non-hydrogen) atoms. The molecule has 148 valence electrons. The van der Waals surface area contributed by atoms with Gasteiger partial charge in [0.2, 0.25) is 5.88 Å². The average molecular weight is 492 g/mol. The monoisotopic (exact) mass is 492 g/mol. The van der Waals surface area contributed by atoms with Crippen molar-refractivity contribution < 1.29 is 9.53 Å². The fourth-order valence-electron chi connectivity index (χ4n) is 3.84. The van der Waals surface area contributed by atoms with Gasteiger partial charge in [-0.1, -0.05) is 18.6 Å². The van der Waals surface area contributed by atoms with Crippen LogP contribution in [0.3, 0.4) is 0 Å². The van der Waals surface area contributed by atoms with Gasteiger partial charge in [0.1, 0.15) is 6.10 Å². The van der Waals surface area contributed by atoms with E-state index >= 15 is 0 Å². The molecule has 1 saturated carbocycles. The first kappa shape index (κ1) is 19.4. The van der Waals surface area contributed by atoms with E-state index < -0.39 is 0 Å². The molecule has 6 nitrogen and oxygen atoms in total. The zero-order valence-corrected chi connectivity index (χ0v) is 18.0. The van der Waals surface area contributed by atoms with Crippen molar-refractivity contribution in [1.29, 1.82) is 0 Å². The Labute approximate surface area is 179 Å². The highest BCUT2D eigenvalue weighted by Crippen LogP contribution is 2.23. The molecule has 2 aromatic rings. The number of hydrogen-bond donors (Lipinski definition) is 0. The second-order valence-corrected chi connectivity index (χ2v) is 8.53. The third-order valence-electron chi connectivity index (χ3n) is 5.46. The van der Waals surface area contributed by atoms with E-state index in [4.69, 9.17) is 4.74 Å². The fourth-order valence-corrected chi connectivity index (χ4v) is 4.46. The highest BCUT2D eigenvalue weighted by Gasteiger charge is 2.24. The van der Waals surface area contributed by atoms with Crippen LogP contribution in [0.25, 0.3) is 0 Å². The van der Waals surface area contributed by atoms with Gasteiger partial charge in [0, 0.05) is 35.8 Å². The van der Waals surface area contributed by atoms with Gasteiger partial charge in [0.05, 0.1) is 5.56 Å². The van der Waals surface area contributed by atoms with Crippen molar-refractivity contribution in [2.24, 2.45) is 0 Å². The lowest BCUT2D eigenvalue weighted by molar-refractivity contribution is 0.0745. The molecule has 7 heteroatoms. The Balaban J connectivity index is 1.32. The molecule has 2 heterocycles.